The minimum atomic E-state index is -0.261. The van der Waals surface area contributed by atoms with Crippen LogP contribution < -0.4 is 0 Å². The molecule has 1 aliphatic heterocycles. The smallest absolute Gasteiger partial charge is 0.161 e. The van der Waals surface area contributed by atoms with Crippen molar-refractivity contribution in [1.29, 1.82) is 0 Å². The molecule has 3 aliphatic rings. The third kappa shape index (κ3) is 1.62. The summed E-state index contributed by atoms with van der Waals surface area (Å²) in [6.07, 6.45) is 3.88. The zero-order chi connectivity index (χ0) is 14.8. The number of piperidine rings is 1. The number of Topliss-reactive ketones (excluding diaryl/α,β-unsaturated/α-hetero) is 1. The predicted molar refractivity (Wildman–Crippen MR) is 78.5 cm³/mol. The molecule has 0 spiro atoms. The number of likely N-dealkylation sites (tertiary alicyclic amines) is 1. The first-order valence-corrected chi connectivity index (χ1v) is 7.79. The number of carbonyl (C=O) groups excluding carboxylic acids is 1. The van der Waals surface area contributed by atoms with Gasteiger partial charge in [-0.25, -0.2) is 0 Å². The Morgan fingerprint density at radius 3 is 2.95 bits per heavy atom. The van der Waals surface area contributed by atoms with Gasteiger partial charge in [0.05, 0.1) is 0 Å². The van der Waals surface area contributed by atoms with Crippen LogP contribution >= 0.6 is 0 Å². The van der Waals surface area contributed by atoms with Crippen molar-refractivity contribution < 1.29 is 15.0 Å². The highest BCUT2D eigenvalue weighted by Crippen LogP contribution is 2.58. The number of ketones is 1. The van der Waals surface area contributed by atoms with Gasteiger partial charge in [-0.3, -0.25) is 4.79 Å². The first kappa shape index (κ1) is 13.1. The van der Waals surface area contributed by atoms with Crippen LogP contribution in [0.2, 0.25) is 0 Å². The van der Waals surface area contributed by atoms with Crippen molar-refractivity contribution in [3.8, 4) is 11.5 Å². The zero-order valence-corrected chi connectivity index (χ0v) is 12.3. The molecular formula is C17H21NO3. The molecule has 2 bridgehead atoms. The number of fused-ring (bicyclic) bond motifs is 1. The van der Waals surface area contributed by atoms with Crippen molar-refractivity contribution in [2.45, 2.75) is 43.6 Å². The number of hydrogen-bond acceptors (Lipinski definition) is 4. The molecule has 3 atom stereocenters. The van der Waals surface area contributed by atoms with E-state index in [1.165, 1.54) is 0 Å². The molecule has 4 heteroatoms. The van der Waals surface area contributed by atoms with E-state index >= 15 is 0 Å². The Balaban J connectivity index is 1.96. The fraction of sp³-hybridized carbons (Fsp3) is 0.588. The van der Waals surface area contributed by atoms with Crippen LogP contribution in [0.4, 0.5) is 0 Å². The highest BCUT2D eigenvalue weighted by molar-refractivity contribution is 5.82. The number of likely N-dealkylation sites (N-methyl/N-ethyl adjacent to an activating group) is 1. The zero-order valence-electron chi connectivity index (χ0n) is 12.3. The van der Waals surface area contributed by atoms with Gasteiger partial charge < -0.3 is 15.1 Å². The Kier molecular flexibility index (Phi) is 2.65. The lowest BCUT2D eigenvalue weighted by atomic mass is 9.52. The molecular weight excluding hydrogens is 266 g/mol. The van der Waals surface area contributed by atoms with E-state index in [0.29, 0.717) is 30.6 Å². The summed E-state index contributed by atoms with van der Waals surface area (Å²) in [5.74, 6) is 0.659. The predicted octanol–water partition coefficient (Wildman–Crippen LogP) is 1.97. The molecule has 2 fully saturated rings. The molecule has 2 aliphatic carbocycles. The van der Waals surface area contributed by atoms with Crippen LogP contribution in [0.5, 0.6) is 11.5 Å². The van der Waals surface area contributed by atoms with E-state index in [1.54, 1.807) is 6.07 Å². The van der Waals surface area contributed by atoms with E-state index in [2.05, 4.69) is 11.9 Å². The van der Waals surface area contributed by atoms with Crippen LogP contribution in [0.25, 0.3) is 0 Å². The molecule has 3 unspecified atom stereocenters. The molecule has 2 N–H and O–H groups in total. The molecule has 1 heterocycles. The molecule has 0 radical (unpaired) electrons. The molecule has 112 valence electrons. The number of phenolic OH excluding ortho intramolecular Hbond substituents is 2. The topological polar surface area (TPSA) is 60.8 Å². The first-order chi connectivity index (χ1) is 10.0. The number of phenols is 2. The van der Waals surface area contributed by atoms with Crippen LogP contribution in [-0.4, -0.2) is 40.5 Å². The Morgan fingerprint density at radius 2 is 2.14 bits per heavy atom. The summed E-state index contributed by atoms with van der Waals surface area (Å²) < 4.78 is 0. The van der Waals surface area contributed by atoms with E-state index in [-0.39, 0.29) is 16.9 Å². The average molecular weight is 287 g/mol. The standard InChI is InChI=1S/C17H21NO3/c1-18-7-6-17-9-11(19)3-4-12(17)13(18)8-10-2-5-14(20)16(21)15(10)17/h2,5,12-13,20-21H,3-4,6-9H2,1H3. The van der Waals surface area contributed by atoms with Crippen LogP contribution in [0.3, 0.4) is 0 Å². The maximum atomic E-state index is 12.1. The lowest BCUT2D eigenvalue weighted by molar-refractivity contribution is -0.126. The number of hydrogen-bond donors (Lipinski definition) is 2. The number of aromatic hydroxyl groups is 2. The summed E-state index contributed by atoms with van der Waals surface area (Å²) in [7, 11) is 2.16. The van der Waals surface area contributed by atoms with E-state index in [9.17, 15) is 15.0 Å². The third-order valence-electron chi connectivity index (χ3n) is 6.07. The number of nitrogens with zero attached hydrogens (tertiary/aromatic N) is 1. The van der Waals surface area contributed by atoms with Gasteiger partial charge in [0.25, 0.3) is 0 Å². The second kappa shape index (κ2) is 4.23. The maximum absolute atomic E-state index is 12.1. The van der Waals surface area contributed by atoms with Gasteiger partial charge in [-0.05, 0) is 50.4 Å². The molecule has 1 aromatic carbocycles. The maximum Gasteiger partial charge on any atom is 0.161 e. The number of rotatable bonds is 0. The van der Waals surface area contributed by atoms with Gasteiger partial charge in [-0.1, -0.05) is 6.07 Å². The Hall–Kier alpha value is -1.55. The van der Waals surface area contributed by atoms with Gasteiger partial charge in [0.15, 0.2) is 11.5 Å². The summed E-state index contributed by atoms with van der Waals surface area (Å²) in [6.45, 7) is 0.947. The summed E-state index contributed by atoms with van der Waals surface area (Å²) in [4.78, 5) is 14.6. The van der Waals surface area contributed by atoms with Crippen molar-refractivity contribution in [2.75, 3.05) is 13.6 Å². The Labute approximate surface area is 124 Å². The van der Waals surface area contributed by atoms with Crippen LogP contribution in [0.15, 0.2) is 12.1 Å². The van der Waals surface area contributed by atoms with Crippen molar-refractivity contribution >= 4 is 5.78 Å². The van der Waals surface area contributed by atoms with E-state index in [1.807, 2.05) is 6.07 Å². The summed E-state index contributed by atoms with van der Waals surface area (Å²) in [5, 5.41) is 20.4. The van der Waals surface area contributed by atoms with Crippen molar-refractivity contribution in [3.05, 3.63) is 23.3 Å². The summed E-state index contributed by atoms with van der Waals surface area (Å²) in [5.41, 5.74) is 1.71. The monoisotopic (exact) mass is 287 g/mol. The highest BCUT2D eigenvalue weighted by Gasteiger charge is 2.56. The van der Waals surface area contributed by atoms with E-state index < -0.39 is 0 Å². The van der Waals surface area contributed by atoms with E-state index in [4.69, 9.17) is 0 Å². The van der Waals surface area contributed by atoms with Crippen molar-refractivity contribution in [2.24, 2.45) is 5.92 Å². The van der Waals surface area contributed by atoms with Crippen LogP contribution in [0, 0.1) is 5.92 Å². The molecule has 0 amide bonds. The third-order valence-corrected chi connectivity index (χ3v) is 6.07. The van der Waals surface area contributed by atoms with Crippen molar-refractivity contribution in [1.82, 2.24) is 4.90 Å². The Bertz CT molecular complexity index is 627. The fourth-order valence-electron chi connectivity index (χ4n) is 5.12. The van der Waals surface area contributed by atoms with Crippen LogP contribution in [0.1, 0.15) is 36.8 Å². The molecule has 0 aromatic heterocycles. The highest BCUT2D eigenvalue weighted by atomic mass is 16.3. The van der Waals surface area contributed by atoms with Gasteiger partial charge in [0, 0.05) is 29.9 Å². The number of carbonyl (C=O) groups is 1. The van der Waals surface area contributed by atoms with Gasteiger partial charge in [-0.15, -0.1) is 0 Å². The second-order valence-corrected chi connectivity index (χ2v) is 6.99. The minimum Gasteiger partial charge on any atom is -0.504 e. The minimum absolute atomic E-state index is 0.00945. The molecule has 4 nitrogen and oxygen atoms in total. The molecule has 1 aromatic rings. The lowest BCUT2D eigenvalue weighted by Gasteiger charge is -2.57. The normalized spacial score (nSPS) is 35.2. The van der Waals surface area contributed by atoms with Gasteiger partial charge in [0.1, 0.15) is 5.78 Å². The molecule has 4 rings (SSSR count). The lowest BCUT2D eigenvalue weighted by Crippen LogP contribution is -2.60. The molecule has 1 saturated carbocycles. The van der Waals surface area contributed by atoms with Crippen LogP contribution in [-0.2, 0) is 16.6 Å². The van der Waals surface area contributed by atoms with Gasteiger partial charge >= 0.3 is 0 Å². The van der Waals surface area contributed by atoms with Crippen molar-refractivity contribution in [3.63, 3.8) is 0 Å². The number of benzene rings is 1. The van der Waals surface area contributed by atoms with E-state index in [0.717, 1.165) is 36.9 Å². The average Bonchev–Trinajstić information content (AvgIpc) is 2.46. The molecule has 21 heavy (non-hydrogen) atoms. The largest absolute Gasteiger partial charge is 0.504 e. The quantitative estimate of drug-likeness (QED) is 0.716. The summed E-state index contributed by atoms with van der Waals surface area (Å²) in [6, 6.07) is 3.95. The molecule has 1 saturated heterocycles. The SMILES string of the molecule is CN1CCC23CC(=O)CCC2C1Cc1ccc(O)c(O)c13. The summed E-state index contributed by atoms with van der Waals surface area (Å²) >= 11 is 0. The second-order valence-electron chi connectivity index (χ2n) is 6.99. The Morgan fingerprint density at radius 1 is 1.33 bits per heavy atom. The fourth-order valence-corrected chi connectivity index (χ4v) is 5.12. The van der Waals surface area contributed by atoms with Gasteiger partial charge in [-0.2, -0.15) is 0 Å². The van der Waals surface area contributed by atoms with Gasteiger partial charge in [0.2, 0.25) is 0 Å². The first-order valence-electron chi connectivity index (χ1n) is 7.79.